The van der Waals surface area contributed by atoms with Crippen LogP contribution < -0.4 is 15.8 Å². The van der Waals surface area contributed by atoms with E-state index in [1.165, 1.54) is 19.2 Å². The van der Waals surface area contributed by atoms with E-state index in [1.807, 2.05) is 0 Å². The lowest BCUT2D eigenvalue weighted by molar-refractivity contribution is 0.102. The third-order valence-electron chi connectivity index (χ3n) is 4.10. The minimum atomic E-state index is -3.72. The van der Waals surface area contributed by atoms with Gasteiger partial charge in [-0.2, -0.15) is 0 Å². The number of benzene rings is 2. The van der Waals surface area contributed by atoms with E-state index in [2.05, 4.69) is 26.7 Å². The third kappa shape index (κ3) is 5.80. The molecule has 8 nitrogen and oxygen atoms in total. The van der Waals surface area contributed by atoms with Crippen LogP contribution >= 0.6 is 11.6 Å². The van der Waals surface area contributed by atoms with E-state index in [1.54, 1.807) is 26.0 Å². The van der Waals surface area contributed by atoms with Gasteiger partial charge in [-0.1, -0.05) is 31.5 Å². The quantitative estimate of drug-likeness (QED) is 0.403. The fourth-order valence-electron chi connectivity index (χ4n) is 2.80. The Hall–Kier alpha value is -2.98. The van der Waals surface area contributed by atoms with Crippen molar-refractivity contribution in [1.82, 2.24) is 0 Å². The molecule has 0 saturated heterocycles. The van der Waals surface area contributed by atoms with Crippen LogP contribution in [0, 0.1) is 11.7 Å². The highest BCUT2D eigenvalue weighted by Gasteiger charge is 2.22. The van der Waals surface area contributed by atoms with Crippen molar-refractivity contribution in [2.75, 3.05) is 22.8 Å². The largest absolute Gasteiger partial charge is 0.383 e. The third-order valence-corrected chi connectivity index (χ3v) is 6.13. The lowest BCUT2D eigenvalue weighted by Crippen LogP contribution is -2.21. The molecule has 0 aliphatic heterocycles. The number of nitrogens with two attached hydrogens (primary N) is 1. The molecule has 2 aromatic rings. The second-order valence-corrected chi connectivity index (χ2v) is 9.13. The van der Waals surface area contributed by atoms with Crippen molar-refractivity contribution in [3.63, 3.8) is 0 Å². The summed E-state index contributed by atoms with van der Waals surface area (Å²) in [7, 11) is -2.23. The number of sulfonamides is 1. The summed E-state index contributed by atoms with van der Waals surface area (Å²) < 4.78 is 41.2. The SMILES string of the molecule is C=Nc1c(C(=O)Nc2c(F)ccc(NS(=O)(=O)CC(C)C)c2Cl)cccc1C(N)=NC. The molecule has 0 spiro atoms. The summed E-state index contributed by atoms with van der Waals surface area (Å²) in [5.74, 6) is -1.72. The number of carbonyl (C=O) groups is 1. The maximum atomic E-state index is 14.4. The van der Waals surface area contributed by atoms with Crippen LogP contribution in [-0.2, 0) is 10.0 Å². The molecule has 4 N–H and O–H groups in total. The first-order chi connectivity index (χ1) is 14.5. The molecule has 11 heteroatoms. The molecule has 31 heavy (non-hydrogen) atoms. The Bertz CT molecular complexity index is 1150. The van der Waals surface area contributed by atoms with Gasteiger partial charge in [-0.15, -0.1) is 0 Å². The Kier molecular flexibility index (Phi) is 7.75. The van der Waals surface area contributed by atoms with Crippen molar-refractivity contribution in [2.45, 2.75) is 13.8 Å². The second kappa shape index (κ2) is 9.88. The van der Waals surface area contributed by atoms with E-state index >= 15 is 0 Å². The average molecular weight is 468 g/mol. The van der Waals surface area contributed by atoms with Crippen molar-refractivity contribution >= 4 is 57.1 Å². The lowest BCUT2D eigenvalue weighted by Gasteiger charge is -2.16. The molecule has 0 aliphatic rings. The highest BCUT2D eigenvalue weighted by molar-refractivity contribution is 7.92. The van der Waals surface area contributed by atoms with Crippen molar-refractivity contribution in [2.24, 2.45) is 21.6 Å². The molecular formula is C20H23ClFN5O3S. The van der Waals surface area contributed by atoms with Crippen molar-refractivity contribution < 1.29 is 17.6 Å². The number of halogens is 2. The number of amidine groups is 1. The molecule has 0 aromatic heterocycles. The molecule has 166 valence electrons. The Morgan fingerprint density at radius 2 is 1.90 bits per heavy atom. The molecule has 0 atom stereocenters. The minimum absolute atomic E-state index is 0.0559. The van der Waals surface area contributed by atoms with Gasteiger partial charge in [0.2, 0.25) is 10.0 Å². The van der Waals surface area contributed by atoms with Crippen molar-refractivity contribution in [1.29, 1.82) is 0 Å². The van der Waals surface area contributed by atoms with Crippen LogP contribution in [0.2, 0.25) is 5.02 Å². The molecule has 1 amide bonds. The first-order valence-electron chi connectivity index (χ1n) is 9.13. The number of nitrogens with one attached hydrogen (secondary N) is 2. The summed E-state index contributed by atoms with van der Waals surface area (Å²) >= 11 is 6.21. The fourth-order valence-corrected chi connectivity index (χ4v) is 4.57. The molecule has 0 unspecified atom stereocenters. The van der Waals surface area contributed by atoms with Gasteiger partial charge in [-0.25, -0.2) is 12.8 Å². The number of aliphatic imine (C=N–C) groups is 2. The zero-order valence-corrected chi connectivity index (χ0v) is 18.8. The van der Waals surface area contributed by atoms with Crippen molar-refractivity contribution in [3.8, 4) is 0 Å². The predicted octanol–water partition coefficient (Wildman–Crippen LogP) is 3.80. The van der Waals surface area contributed by atoms with Crippen LogP contribution in [0.4, 0.5) is 21.5 Å². The van der Waals surface area contributed by atoms with Crippen LogP contribution in [0.25, 0.3) is 0 Å². The Balaban J connectivity index is 2.44. The van der Waals surface area contributed by atoms with E-state index in [4.69, 9.17) is 17.3 Å². The lowest BCUT2D eigenvalue weighted by atomic mass is 10.1. The van der Waals surface area contributed by atoms with Gasteiger partial charge in [0, 0.05) is 12.6 Å². The van der Waals surface area contributed by atoms with Gasteiger partial charge in [0.25, 0.3) is 5.91 Å². The van der Waals surface area contributed by atoms with Crippen LogP contribution in [0.5, 0.6) is 0 Å². The highest BCUT2D eigenvalue weighted by atomic mass is 35.5. The molecule has 2 aromatic carbocycles. The van der Waals surface area contributed by atoms with Crippen LogP contribution in [0.1, 0.15) is 29.8 Å². The monoisotopic (exact) mass is 467 g/mol. The summed E-state index contributed by atoms with van der Waals surface area (Å²) in [5.41, 5.74) is 6.00. The summed E-state index contributed by atoms with van der Waals surface area (Å²) in [5, 5.41) is 2.08. The molecule has 0 bridgehead atoms. The molecular weight excluding hydrogens is 445 g/mol. The first-order valence-corrected chi connectivity index (χ1v) is 11.2. The van der Waals surface area contributed by atoms with Gasteiger partial charge < -0.3 is 11.1 Å². The Morgan fingerprint density at radius 3 is 2.48 bits per heavy atom. The Labute approximate surface area is 185 Å². The fraction of sp³-hybridized carbons (Fsp3) is 0.250. The number of carbonyl (C=O) groups excluding carboxylic acids is 1. The summed E-state index contributed by atoms with van der Waals surface area (Å²) in [6.07, 6.45) is 0. The summed E-state index contributed by atoms with van der Waals surface area (Å²) in [6.45, 7) is 6.94. The number of hydrogen-bond acceptors (Lipinski definition) is 5. The van der Waals surface area contributed by atoms with E-state index in [0.29, 0.717) is 5.56 Å². The number of nitrogens with zero attached hydrogens (tertiary/aromatic N) is 2. The zero-order chi connectivity index (χ0) is 23.3. The number of rotatable bonds is 8. The van der Waals surface area contributed by atoms with Gasteiger partial charge in [0.15, 0.2) is 0 Å². The molecule has 2 rings (SSSR count). The van der Waals surface area contributed by atoms with Gasteiger partial charge >= 0.3 is 0 Å². The maximum absolute atomic E-state index is 14.4. The predicted molar refractivity (Wildman–Crippen MR) is 124 cm³/mol. The smallest absolute Gasteiger partial charge is 0.257 e. The number of para-hydroxylation sites is 1. The van der Waals surface area contributed by atoms with Crippen LogP contribution in [-0.4, -0.2) is 39.7 Å². The molecule has 0 saturated carbocycles. The maximum Gasteiger partial charge on any atom is 0.257 e. The van der Waals surface area contributed by atoms with E-state index in [-0.39, 0.29) is 45.2 Å². The number of anilines is 2. The van der Waals surface area contributed by atoms with Crippen molar-refractivity contribution in [3.05, 3.63) is 52.3 Å². The number of amides is 1. The zero-order valence-electron chi connectivity index (χ0n) is 17.2. The normalized spacial score (nSPS) is 12.0. The van der Waals surface area contributed by atoms with Gasteiger partial charge in [0.05, 0.1) is 33.4 Å². The first kappa shape index (κ1) is 24.3. The standard InChI is InChI=1S/C20H23ClFN5O3S/c1-11(2)10-31(29,30)27-15-9-8-14(22)18(16(15)21)26-20(28)13-7-5-6-12(17(13)24-3)19(23)25-4/h5-9,11,27H,3,10H2,1-2,4H3,(H2,23,25)(H,26,28). The van der Waals surface area contributed by atoms with E-state index in [9.17, 15) is 17.6 Å². The summed E-state index contributed by atoms with van der Waals surface area (Å²) in [6, 6.07) is 6.81. The molecule has 0 fully saturated rings. The topological polar surface area (TPSA) is 126 Å². The van der Waals surface area contributed by atoms with E-state index in [0.717, 1.165) is 6.07 Å². The highest BCUT2D eigenvalue weighted by Crippen LogP contribution is 2.34. The molecule has 0 aliphatic carbocycles. The van der Waals surface area contributed by atoms with Crippen LogP contribution in [0.15, 0.2) is 40.3 Å². The van der Waals surface area contributed by atoms with Gasteiger partial charge in [-0.3, -0.25) is 19.5 Å². The summed E-state index contributed by atoms with van der Waals surface area (Å²) in [4.78, 5) is 20.6. The molecule has 0 heterocycles. The molecule has 0 radical (unpaired) electrons. The van der Waals surface area contributed by atoms with Gasteiger partial charge in [0.1, 0.15) is 11.7 Å². The van der Waals surface area contributed by atoms with Crippen LogP contribution in [0.3, 0.4) is 0 Å². The Morgan fingerprint density at radius 1 is 1.26 bits per heavy atom. The number of hydrogen-bond donors (Lipinski definition) is 3. The minimum Gasteiger partial charge on any atom is -0.383 e. The average Bonchev–Trinajstić information content (AvgIpc) is 2.70. The second-order valence-electron chi connectivity index (χ2n) is 6.98. The van der Waals surface area contributed by atoms with E-state index < -0.39 is 21.7 Å². The van der Waals surface area contributed by atoms with Gasteiger partial charge in [-0.05, 0) is 36.9 Å².